The van der Waals surface area contributed by atoms with Gasteiger partial charge in [0.05, 0.1) is 23.1 Å². The van der Waals surface area contributed by atoms with Crippen molar-refractivity contribution in [1.29, 1.82) is 0 Å². The third kappa shape index (κ3) is 4.74. The Morgan fingerprint density at radius 2 is 2.14 bits per heavy atom. The van der Waals surface area contributed by atoms with Crippen LogP contribution in [0.4, 0.5) is 19.4 Å². The summed E-state index contributed by atoms with van der Waals surface area (Å²) in [6.45, 7) is 4.73. The molecule has 3 saturated heterocycles. The number of rotatable bonds is 3. The number of nitrogens with one attached hydrogen (secondary N) is 1. The summed E-state index contributed by atoms with van der Waals surface area (Å²) in [6, 6.07) is 5.50. The molecule has 1 amide bonds. The number of alkyl halides is 1. The van der Waals surface area contributed by atoms with Crippen LogP contribution in [0.5, 0.6) is 6.01 Å². The Balaban J connectivity index is 1.25. The SMILES string of the molecule is C[C@@]12CCN(C1)c1nc(OC[C@@]34CCCN3C[C@H](F)C4)nc3c(F)c(ncc13)-c1cccc(Cl)c1[C@@H]1C[C@@H]1CCOC(=O)N2. The number of fused-ring (bicyclic) bond motifs is 6. The summed E-state index contributed by atoms with van der Waals surface area (Å²) in [6.07, 6.45) is 4.70. The average molecular weight is 625 g/mol. The molecule has 6 aliphatic rings. The van der Waals surface area contributed by atoms with Gasteiger partial charge in [-0.1, -0.05) is 23.7 Å². The maximum Gasteiger partial charge on any atom is 0.407 e. The van der Waals surface area contributed by atoms with Crippen LogP contribution in [0.1, 0.15) is 56.9 Å². The summed E-state index contributed by atoms with van der Waals surface area (Å²) >= 11 is 6.73. The molecule has 2 aromatic heterocycles. The minimum atomic E-state index is -0.895. The van der Waals surface area contributed by atoms with E-state index < -0.39 is 29.2 Å². The molecule has 1 N–H and O–H groups in total. The number of carbonyl (C=O) groups excluding carboxylic acids is 1. The largest absolute Gasteiger partial charge is 0.461 e. The van der Waals surface area contributed by atoms with Crippen molar-refractivity contribution in [2.45, 2.75) is 68.6 Å². The number of benzene rings is 1. The number of halogens is 3. The molecule has 4 fully saturated rings. The molecule has 5 atom stereocenters. The Bertz CT molecular complexity index is 1660. The van der Waals surface area contributed by atoms with Crippen molar-refractivity contribution < 1.29 is 23.0 Å². The fraction of sp³-hybridized carbons (Fsp3) is 0.562. The lowest BCUT2D eigenvalue weighted by atomic mass is 9.95. The molecule has 1 aromatic carbocycles. The van der Waals surface area contributed by atoms with Crippen molar-refractivity contribution in [1.82, 2.24) is 25.2 Å². The molecule has 44 heavy (non-hydrogen) atoms. The predicted octanol–water partition coefficient (Wildman–Crippen LogP) is 5.64. The molecule has 5 aliphatic heterocycles. The van der Waals surface area contributed by atoms with Gasteiger partial charge in [-0.05, 0) is 69.0 Å². The lowest BCUT2D eigenvalue weighted by Gasteiger charge is -2.31. The lowest BCUT2D eigenvalue weighted by Crippen LogP contribution is -2.48. The zero-order chi connectivity index (χ0) is 30.2. The number of alkyl carbamates (subject to hydrolysis) is 1. The van der Waals surface area contributed by atoms with Crippen LogP contribution in [-0.4, -0.2) is 82.6 Å². The van der Waals surface area contributed by atoms with E-state index in [0.717, 1.165) is 31.4 Å². The number of carbonyl (C=O) groups is 1. The first-order valence-electron chi connectivity index (χ1n) is 15.6. The normalized spacial score (nSPS) is 31.4. The monoisotopic (exact) mass is 624 g/mol. The van der Waals surface area contributed by atoms with Gasteiger partial charge in [-0.3, -0.25) is 9.88 Å². The Morgan fingerprint density at radius 3 is 3.02 bits per heavy atom. The molecule has 7 heterocycles. The van der Waals surface area contributed by atoms with E-state index in [1.54, 1.807) is 12.3 Å². The van der Waals surface area contributed by atoms with Crippen molar-refractivity contribution in [3.63, 3.8) is 0 Å². The number of aromatic nitrogens is 3. The predicted molar refractivity (Wildman–Crippen MR) is 161 cm³/mol. The van der Waals surface area contributed by atoms with Gasteiger partial charge < -0.3 is 19.7 Å². The van der Waals surface area contributed by atoms with E-state index in [2.05, 4.69) is 20.2 Å². The zero-order valence-electron chi connectivity index (χ0n) is 24.6. The molecule has 0 radical (unpaired) electrons. The van der Waals surface area contributed by atoms with Gasteiger partial charge >= 0.3 is 12.1 Å². The van der Waals surface area contributed by atoms with Crippen molar-refractivity contribution >= 4 is 34.4 Å². The van der Waals surface area contributed by atoms with Crippen LogP contribution in [0.2, 0.25) is 5.02 Å². The number of amides is 1. The van der Waals surface area contributed by atoms with Gasteiger partial charge in [-0.2, -0.15) is 9.97 Å². The maximum absolute atomic E-state index is 16.7. The van der Waals surface area contributed by atoms with E-state index >= 15 is 4.39 Å². The minimum absolute atomic E-state index is 0.0412. The van der Waals surface area contributed by atoms with E-state index in [0.29, 0.717) is 67.3 Å². The molecule has 3 aromatic rings. The van der Waals surface area contributed by atoms with E-state index in [9.17, 15) is 9.18 Å². The van der Waals surface area contributed by atoms with Gasteiger partial charge in [0.25, 0.3) is 0 Å². The maximum atomic E-state index is 16.7. The van der Waals surface area contributed by atoms with Gasteiger partial charge in [0.2, 0.25) is 0 Å². The highest BCUT2D eigenvalue weighted by molar-refractivity contribution is 6.32. The van der Waals surface area contributed by atoms with Gasteiger partial charge in [0.15, 0.2) is 5.82 Å². The van der Waals surface area contributed by atoms with Crippen molar-refractivity contribution in [2.75, 3.05) is 44.3 Å². The molecule has 6 bridgehead atoms. The smallest absolute Gasteiger partial charge is 0.407 e. The molecule has 0 unspecified atom stereocenters. The number of pyridine rings is 1. The highest BCUT2D eigenvalue weighted by atomic mass is 35.5. The summed E-state index contributed by atoms with van der Waals surface area (Å²) in [5.41, 5.74) is 0.779. The Labute approximate surface area is 259 Å². The first kappa shape index (κ1) is 28.2. The van der Waals surface area contributed by atoms with Gasteiger partial charge in [0, 0.05) is 42.8 Å². The van der Waals surface area contributed by atoms with Gasteiger partial charge in [-0.25, -0.2) is 13.6 Å². The number of anilines is 1. The first-order chi connectivity index (χ1) is 21.2. The topological polar surface area (TPSA) is 92.7 Å². The summed E-state index contributed by atoms with van der Waals surface area (Å²) in [4.78, 5) is 31.0. The van der Waals surface area contributed by atoms with Gasteiger partial charge in [-0.15, -0.1) is 0 Å². The summed E-state index contributed by atoms with van der Waals surface area (Å²) in [5.74, 6) is 0.290. The van der Waals surface area contributed by atoms with Crippen molar-refractivity contribution in [2.24, 2.45) is 5.92 Å². The van der Waals surface area contributed by atoms with E-state index in [1.165, 1.54) is 0 Å². The van der Waals surface area contributed by atoms with Crippen LogP contribution in [0.3, 0.4) is 0 Å². The second kappa shape index (κ2) is 10.4. The Morgan fingerprint density at radius 1 is 1.25 bits per heavy atom. The summed E-state index contributed by atoms with van der Waals surface area (Å²) < 4.78 is 43.0. The Hall–Kier alpha value is -3.31. The second-order valence-electron chi connectivity index (χ2n) is 13.5. The van der Waals surface area contributed by atoms with E-state index in [4.69, 9.17) is 26.1 Å². The van der Waals surface area contributed by atoms with Crippen molar-refractivity contribution in [3.05, 3.63) is 40.8 Å². The zero-order valence-corrected chi connectivity index (χ0v) is 25.4. The van der Waals surface area contributed by atoms with Gasteiger partial charge in [0.1, 0.15) is 29.8 Å². The van der Waals surface area contributed by atoms with Crippen molar-refractivity contribution in [3.8, 4) is 17.3 Å². The average Bonchev–Trinajstić information content (AvgIpc) is 3.29. The standard InChI is InChI=1S/C32H35ClF2N6O3/c1-31-8-10-40(16-31)28-22-14-36-26(20-4-2-5-23(33)24(20)21-12-18(21)6-11-43-30(42)39-31)25(35)27(22)37-29(38-28)44-17-32-7-3-9-41(32)15-19(34)13-32/h2,4-5,14,18-19,21H,3,6-13,15-17H2,1H3,(H,39,42)/t18-,19+,21+,31+,32-/m0/s1. The highest BCUT2D eigenvalue weighted by Gasteiger charge is 2.49. The fourth-order valence-corrected chi connectivity index (χ4v) is 8.35. The summed E-state index contributed by atoms with van der Waals surface area (Å²) in [5, 5.41) is 4.05. The molecule has 9 nitrogen and oxygen atoms in total. The molecule has 0 spiro atoms. The minimum Gasteiger partial charge on any atom is -0.461 e. The first-order valence-corrected chi connectivity index (χ1v) is 16.0. The molecule has 1 saturated carbocycles. The fourth-order valence-electron chi connectivity index (χ4n) is 8.03. The number of nitrogens with zero attached hydrogens (tertiary/aromatic N) is 5. The lowest BCUT2D eigenvalue weighted by molar-refractivity contribution is 0.107. The third-order valence-corrected chi connectivity index (χ3v) is 10.7. The highest BCUT2D eigenvalue weighted by Crippen LogP contribution is 2.54. The van der Waals surface area contributed by atoms with E-state index in [-0.39, 0.29) is 35.7 Å². The van der Waals surface area contributed by atoms with Crippen LogP contribution in [0.25, 0.3) is 22.2 Å². The number of ether oxygens (including phenoxy) is 2. The quantitative estimate of drug-likeness (QED) is 0.400. The third-order valence-electron chi connectivity index (χ3n) is 10.4. The molecular weight excluding hydrogens is 590 g/mol. The summed E-state index contributed by atoms with van der Waals surface area (Å²) in [7, 11) is 0. The molecule has 12 heteroatoms. The molecule has 9 rings (SSSR count). The molecule has 232 valence electrons. The van der Waals surface area contributed by atoms with E-state index in [1.807, 2.05) is 24.0 Å². The van der Waals surface area contributed by atoms with Crippen LogP contribution in [0, 0.1) is 11.7 Å². The molecule has 1 aliphatic carbocycles. The Kier molecular flexibility index (Phi) is 6.64. The van der Waals surface area contributed by atoms with Crippen LogP contribution < -0.4 is 15.0 Å². The number of hydrogen-bond donors (Lipinski definition) is 1. The van der Waals surface area contributed by atoms with Crippen LogP contribution in [-0.2, 0) is 4.74 Å². The van der Waals surface area contributed by atoms with Crippen LogP contribution in [0.15, 0.2) is 24.4 Å². The number of hydrogen-bond acceptors (Lipinski definition) is 8. The van der Waals surface area contributed by atoms with Crippen LogP contribution >= 0.6 is 11.6 Å². The molecular formula is C32H35ClF2N6O3. The second-order valence-corrected chi connectivity index (χ2v) is 13.9.